The molecule has 0 atom stereocenters. The van der Waals surface area contributed by atoms with Crippen LogP contribution in [-0.2, 0) is 19.3 Å². The second-order valence-corrected chi connectivity index (χ2v) is 9.36. The number of carbonyl (C=O) groups is 1. The van der Waals surface area contributed by atoms with Gasteiger partial charge in [-0.15, -0.1) is 0 Å². The predicted molar refractivity (Wildman–Crippen MR) is 128 cm³/mol. The van der Waals surface area contributed by atoms with Crippen molar-refractivity contribution >= 4 is 40.7 Å². The van der Waals surface area contributed by atoms with Crippen LogP contribution in [-0.4, -0.2) is 22.2 Å². The highest BCUT2D eigenvalue weighted by Crippen LogP contribution is 2.46. The number of nitrogens with one attached hydrogen (secondary N) is 1. The van der Waals surface area contributed by atoms with Crippen LogP contribution in [0.25, 0.3) is 0 Å². The molecule has 0 aliphatic heterocycles. The molecule has 2 aromatic carbocycles. The summed E-state index contributed by atoms with van der Waals surface area (Å²) in [5.41, 5.74) is 0.568. The Kier molecular flexibility index (Phi) is 7.83. The van der Waals surface area contributed by atoms with Crippen LogP contribution >= 0.6 is 34.8 Å². The van der Waals surface area contributed by atoms with Crippen molar-refractivity contribution in [2.45, 2.75) is 44.5 Å². The minimum atomic E-state index is -4.60. The van der Waals surface area contributed by atoms with Crippen LogP contribution in [0.4, 0.5) is 13.2 Å². The summed E-state index contributed by atoms with van der Waals surface area (Å²) in [5.74, 6) is 0.143. The van der Waals surface area contributed by atoms with E-state index in [1.165, 1.54) is 4.68 Å². The fourth-order valence-corrected chi connectivity index (χ4v) is 4.39. The van der Waals surface area contributed by atoms with E-state index in [1.807, 2.05) is 6.07 Å². The van der Waals surface area contributed by atoms with Crippen LogP contribution in [0.1, 0.15) is 52.5 Å². The summed E-state index contributed by atoms with van der Waals surface area (Å²) in [7, 11) is 0. The Balaban J connectivity index is 1.31. The van der Waals surface area contributed by atoms with Crippen molar-refractivity contribution in [3.8, 4) is 5.75 Å². The van der Waals surface area contributed by atoms with Gasteiger partial charge in [0.15, 0.2) is 5.69 Å². The van der Waals surface area contributed by atoms with Gasteiger partial charge in [0.05, 0.1) is 15.7 Å². The van der Waals surface area contributed by atoms with Gasteiger partial charge in [0.25, 0.3) is 5.91 Å². The van der Waals surface area contributed by atoms with Crippen LogP contribution in [0.15, 0.2) is 42.5 Å². The molecule has 1 aliphatic carbocycles. The van der Waals surface area contributed by atoms with Crippen LogP contribution in [0.5, 0.6) is 5.75 Å². The molecule has 1 N–H and O–H groups in total. The van der Waals surface area contributed by atoms with Crippen molar-refractivity contribution in [2.75, 3.05) is 6.54 Å². The number of hydrogen-bond donors (Lipinski definition) is 1. The quantitative estimate of drug-likeness (QED) is 0.290. The number of ether oxygens (including phenoxy) is 1. The SMILES string of the molecule is O=C(NCCCn1nc(C(F)(F)F)c(Cl)c1C1CC1)c1cccc(COc2cccc(Cl)c2Cl)c1. The first-order valence-corrected chi connectivity index (χ1v) is 12.1. The molecule has 0 bridgehead atoms. The van der Waals surface area contributed by atoms with E-state index in [9.17, 15) is 18.0 Å². The Hall–Kier alpha value is -2.42. The van der Waals surface area contributed by atoms with Crippen molar-refractivity contribution in [2.24, 2.45) is 0 Å². The summed E-state index contributed by atoms with van der Waals surface area (Å²) in [6.07, 6.45) is -2.62. The first-order chi connectivity index (χ1) is 16.6. The Labute approximate surface area is 215 Å². The summed E-state index contributed by atoms with van der Waals surface area (Å²) in [5, 5.41) is 6.87. The fourth-order valence-electron chi connectivity index (χ4n) is 3.64. The molecule has 1 amide bonds. The zero-order valence-electron chi connectivity index (χ0n) is 18.3. The first kappa shape index (κ1) is 25.7. The number of rotatable bonds is 9. The van der Waals surface area contributed by atoms with E-state index >= 15 is 0 Å². The van der Waals surface area contributed by atoms with E-state index in [0.717, 1.165) is 18.4 Å². The molecule has 35 heavy (non-hydrogen) atoms. The maximum absolute atomic E-state index is 13.2. The number of aryl methyl sites for hydroxylation is 1. The molecule has 0 saturated heterocycles. The number of carbonyl (C=O) groups excluding carboxylic acids is 1. The van der Waals surface area contributed by atoms with E-state index in [0.29, 0.717) is 33.5 Å². The van der Waals surface area contributed by atoms with Gasteiger partial charge in [-0.05, 0) is 49.1 Å². The standard InChI is InChI=1S/C24H21Cl3F3N3O2/c25-17-6-2-7-18(19(17)26)35-13-14-4-1-5-16(12-14)23(34)31-10-3-11-33-21(15-8-9-15)20(27)22(32-33)24(28,29)30/h1-2,4-7,12,15H,3,8-11,13H2,(H,31,34). The maximum Gasteiger partial charge on any atom is 0.436 e. The number of benzene rings is 2. The Bertz CT molecular complexity index is 1230. The molecule has 3 aromatic rings. The van der Waals surface area contributed by atoms with Gasteiger partial charge in [0.2, 0.25) is 0 Å². The lowest BCUT2D eigenvalue weighted by Crippen LogP contribution is -2.25. The number of nitrogens with zero attached hydrogens (tertiary/aromatic N) is 2. The van der Waals surface area contributed by atoms with Crippen LogP contribution in [0.2, 0.25) is 15.1 Å². The van der Waals surface area contributed by atoms with Gasteiger partial charge in [-0.2, -0.15) is 18.3 Å². The summed E-state index contributed by atoms with van der Waals surface area (Å²) in [6, 6.07) is 12.0. The molecule has 5 nitrogen and oxygen atoms in total. The van der Waals surface area contributed by atoms with Crippen molar-refractivity contribution in [3.05, 3.63) is 80.0 Å². The molecule has 1 heterocycles. The number of halogens is 6. The lowest BCUT2D eigenvalue weighted by molar-refractivity contribution is -0.141. The number of aromatic nitrogens is 2. The smallest absolute Gasteiger partial charge is 0.436 e. The number of hydrogen-bond acceptors (Lipinski definition) is 3. The highest BCUT2D eigenvalue weighted by atomic mass is 35.5. The molecule has 0 spiro atoms. The lowest BCUT2D eigenvalue weighted by Gasteiger charge is -2.11. The van der Waals surface area contributed by atoms with Gasteiger partial charge in [0.1, 0.15) is 17.4 Å². The van der Waals surface area contributed by atoms with Gasteiger partial charge < -0.3 is 10.1 Å². The average molecular weight is 547 g/mol. The molecule has 1 saturated carbocycles. The first-order valence-electron chi connectivity index (χ1n) is 10.9. The van der Waals surface area contributed by atoms with Gasteiger partial charge in [-0.3, -0.25) is 9.48 Å². The predicted octanol–water partition coefficient (Wildman–Crippen LogP) is 7.14. The summed E-state index contributed by atoms with van der Waals surface area (Å²) in [6.45, 7) is 0.670. The van der Waals surface area contributed by atoms with Crippen molar-refractivity contribution < 1.29 is 22.7 Å². The Morgan fingerprint density at radius 3 is 2.57 bits per heavy atom. The van der Waals surface area contributed by atoms with E-state index in [-0.39, 0.29) is 36.5 Å². The molecule has 1 aliphatic rings. The minimum Gasteiger partial charge on any atom is -0.487 e. The van der Waals surface area contributed by atoms with Gasteiger partial charge in [0, 0.05) is 24.6 Å². The zero-order valence-corrected chi connectivity index (χ0v) is 20.6. The lowest BCUT2D eigenvalue weighted by atomic mass is 10.1. The third kappa shape index (κ3) is 6.23. The molecular weight excluding hydrogens is 526 g/mol. The summed E-state index contributed by atoms with van der Waals surface area (Å²) in [4.78, 5) is 12.6. The second-order valence-electron chi connectivity index (χ2n) is 8.19. The molecule has 1 aromatic heterocycles. The number of alkyl halides is 3. The highest BCUT2D eigenvalue weighted by Gasteiger charge is 2.41. The zero-order chi connectivity index (χ0) is 25.2. The fraction of sp³-hybridized carbons (Fsp3) is 0.333. The third-order valence-electron chi connectivity index (χ3n) is 5.50. The van der Waals surface area contributed by atoms with Gasteiger partial charge in [-0.25, -0.2) is 0 Å². The van der Waals surface area contributed by atoms with Crippen LogP contribution < -0.4 is 10.1 Å². The van der Waals surface area contributed by atoms with Gasteiger partial charge >= 0.3 is 6.18 Å². The molecular formula is C24H21Cl3F3N3O2. The van der Waals surface area contributed by atoms with E-state index in [4.69, 9.17) is 39.5 Å². The molecule has 1 fully saturated rings. The largest absolute Gasteiger partial charge is 0.487 e. The summed E-state index contributed by atoms with van der Waals surface area (Å²) < 4.78 is 46.6. The molecule has 0 radical (unpaired) electrons. The molecule has 186 valence electrons. The van der Waals surface area contributed by atoms with Gasteiger partial charge in [-0.1, -0.05) is 53.0 Å². The Morgan fingerprint density at radius 1 is 1.11 bits per heavy atom. The maximum atomic E-state index is 13.2. The average Bonchev–Trinajstić information content (AvgIpc) is 3.59. The number of amides is 1. The van der Waals surface area contributed by atoms with Crippen molar-refractivity contribution in [1.29, 1.82) is 0 Å². The van der Waals surface area contributed by atoms with Crippen LogP contribution in [0.3, 0.4) is 0 Å². The minimum absolute atomic E-state index is 0.00689. The monoisotopic (exact) mass is 545 g/mol. The van der Waals surface area contributed by atoms with E-state index in [1.54, 1.807) is 36.4 Å². The van der Waals surface area contributed by atoms with Crippen LogP contribution in [0, 0.1) is 0 Å². The van der Waals surface area contributed by atoms with Crippen molar-refractivity contribution in [3.63, 3.8) is 0 Å². The summed E-state index contributed by atoms with van der Waals surface area (Å²) >= 11 is 18.1. The Morgan fingerprint density at radius 2 is 1.86 bits per heavy atom. The molecule has 4 rings (SSSR count). The topological polar surface area (TPSA) is 56.2 Å². The van der Waals surface area contributed by atoms with Crippen molar-refractivity contribution in [1.82, 2.24) is 15.1 Å². The molecule has 0 unspecified atom stereocenters. The highest BCUT2D eigenvalue weighted by molar-refractivity contribution is 6.42. The second kappa shape index (κ2) is 10.7. The molecule has 11 heteroatoms. The van der Waals surface area contributed by atoms with E-state index in [2.05, 4.69) is 10.4 Å². The third-order valence-corrected chi connectivity index (χ3v) is 6.67. The van der Waals surface area contributed by atoms with E-state index < -0.39 is 11.9 Å². The normalized spacial score (nSPS) is 13.7.